The maximum Gasteiger partial charge on any atom is 0.393 e. The van der Waals surface area contributed by atoms with Crippen LogP contribution in [-0.4, -0.2) is 46.4 Å². The zero-order valence-corrected chi connectivity index (χ0v) is 14.8. The van der Waals surface area contributed by atoms with Gasteiger partial charge in [-0.25, -0.2) is 9.07 Å². The Morgan fingerprint density at radius 1 is 1.30 bits per heavy atom. The summed E-state index contributed by atoms with van der Waals surface area (Å²) in [4.78, 5) is 13.9. The van der Waals surface area contributed by atoms with E-state index in [1.54, 1.807) is 13.0 Å². The summed E-state index contributed by atoms with van der Waals surface area (Å²) in [7, 11) is 0. The molecule has 1 amide bonds. The topological polar surface area (TPSA) is 50.2 Å². The van der Waals surface area contributed by atoms with E-state index in [9.17, 15) is 22.4 Å². The molecule has 0 spiro atoms. The van der Waals surface area contributed by atoms with Crippen LogP contribution >= 0.6 is 0 Å². The molecule has 146 valence electrons. The Labute approximate surface area is 154 Å². The fourth-order valence-corrected chi connectivity index (χ4v) is 3.22. The number of amides is 1. The van der Waals surface area contributed by atoms with E-state index in [1.165, 1.54) is 33.8 Å². The van der Waals surface area contributed by atoms with Crippen LogP contribution in [0.25, 0.3) is 5.69 Å². The minimum Gasteiger partial charge on any atom is -0.309 e. The Morgan fingerprint density at radius 2 is 2.00 bits per heavy atom. The van der Waals surface area contributed by atoms with Crippen LogP contribution in [0.2, 0.25) is 0 Å². The molecular weight excluding hydrogens is 364 g/mol. The van der Waals surface area contributed by atoms with Crippen LogP contribution in [0.3, 0.4) is 0 Å². The molecule has 5 nitrogen and oxygen atoms in total. The highest BCUT2D eigenvalue weighted by molar-refractivity contribution is 5.91. The summed E-state index contributed by atoms with van der Waals surface area (Å²) in [6, 6.07) is 7.26. The van der Waals surface area contributed by atoms with Gasteiger partial charge in [0.15, 0.2) is 0 Å². The van der Waals surface area contributed by atoms with E-state index in [1.807, 2.05) is 0 Å². The van der Waals surface area contributed by atoms with Crippen molar-refractivity contribution >= 4 is 11.7 Å². The fraction of sp³-hybridized carbons (Fsp3) is 0.444. The third-order valence-corrected chi connectivity index (χ3v) is 4.51. The molecule has 1 N–H and O–H groups in total. The van der Waals surface area contributed by atoms with Crippen molar-refractivity contribution < 1.29 is 22.4 Å². The number of rotatable bonds is 4. The first kappa shape index (κ1) is 19.3. The minimum atomic E-state index is -4.24. The van der Waals surface area contributed by atoms with Gasteiger partial charge in [-0.2, -0.15) is 18.3 Å². The predicted molar refractivity (Wildman–Crippen MR) is 92.1 cm³/mol. The van der Waals surface area contributed by atoms with E-state index in [-0.39, 0.29) is 19.5 Å². The van der Waals surface area contributed by atoms with Gasteiger partial charge in [0.05, 0.1) is 23.8 Å². The van der Waals surface area contributed by atoms with E-state index in [2.05, 4.69) is 10.4 Å². The quantitative estimate of drug-likeness (QED) is 0.821. The molecule has 0 bridgehead atoms. The van der Waals surface area contributed by atoms with E-state index in [4.69, 9.17) is 0 Å². The van der Waals surface area contributed by atoms with Crippen LogP contribution in [0.4, 0.5) is 23.4 Å². The van der Waals surface area contributed by atoms with Crippen LogP contribution in [0.1, 0.15) is 18.5 Å². The molecule has 1 atom stereocenters. The average Bonchev–Trinajstić information content (AvgIpc) is 2.95. The summed E-state index contributed by atoms with van der Waals surface area (Å²) in [5.41, 5.74) is 1.21. The van der Waals surface area contributed by atoms with Crippen molar-refractivity contribution in [2.75, 3.05) is 25.0 Å². The summed E-state index contributed by atoms with van der Waals surface area (Å²) < 4.78 is 53.3. The van der Waals surface area contributed by atoms with Gasteiger partial charge in [-0.1, -0.05) is 0 Å². The lowest BCUT2D eigenvalue weighted by atomic mass is 9.97. The van der Waals surface area contributed by atoms with Gasteiger partial charge in [-0.15, -0.1) is 0 Å². The van der Waals surface area contributed by atoms with Crippen molar-refractivity contribution in [1.82, 2.24) is 14.7 Å². The molecule has 1 aromatic carbocycles. The number of piperidine rings is 1. The van der Waals surface area contributed by atoms with Gasteiger partial charge in [0.2, 0.25) is 5.91 Å². The van der Waals surface area contributed by atoms with Crippen LogP contribution in [0.5, 0.6) is 0 Å². The van der Waals surface area contributed by atoms with Gasteiger partial charge in [0.25, 0.3) is 0 Å². The number of nitrogens with one attached hydrogen (secondary N) is 1. The molecule has 1 saturated heterocycles. The highest BCUT2D eigenvalue weighted by Gasteiger charge is 2.41. The Morgan fingerprint density at radius 3 is 2.67 bits per heavy atom. The number of aromatic nitrogens is 2. The molecule has 2 aromatic rings. The number of alkyl halides is 3. The van der Waals surface area contributed by atoms with Gasteiger partial charge in [0, 0.05) is 12.6 Å². The van der Waals surface area contributed by atoms with E-state index >= 15 is 0 Å². The smallest absolute Gasteiger partial charge is 0.309 e. The van der Waals surface area contributed by atoms with Gasteiger partial charge >= 0.3 is 6.18 Å². The number of nitrogens with zero attached hydrogens (tertiary/aromatic N) is 3. The first-order chi connectivity index (χ1) is 12.7. The molecule has 27 heavy (non-hydrogen) atoms. The van der Waals surface area contributed by atoms with Crippen molar-refractivity contribution in [3.05, 3.63) is 41.8 Å². The first-order valence-electron chi connectivity index (χ1n) is 8.64. The molecule has 1 aliphatic rings. The Bertz CT molecular complexity index is 801. The number of benzene rings is 1. The molecule has 1 aromatic heterocycles. The average molecular weight is 384 g/mol. The molecule has 1 unspecified atom stereocenters. The monoisotopic (exact) mass is 384 g/mol. The van der Waals surface area contributed by atoms with Crippen LogP contribution in [0.15, 0.2) is 30.3 Å². The zero-order valence-electron chi connectivity index (χ0n) is 14.8. The predicted octanol–water partition coefficient (Wildman–Crippen LogP) is 3.53. The van der Waals surface area contributed by atoms with Crippen molar-refractivity contribution in [3.8, 4) is 5.69 Å². The number of likely N-dealkylation sites (tertiary alicyclic amines) is 1. The van der Waals surface area contributed by atoms with Crippen LogP contribution < -0.4 is 5.32 Å². The first-order valence-corrected chi connectivity index (χ1v) is 8.64. The second-order valence-corrected chi connectivity index (χ2v) is 6.72. The summed E-state index contributed by atoms with van der Waals surface area (Å²) in [6.45, 7) is 1.90. The summed E-state index contributed by atoms with van der Waals surface area (Å²) in [6.07, 6.45) is -3.74. The summed E-state index contributed by atoms with van der Waals surface area (Å²) >= 11 is 0. The minimum absolute atomic E-state index is 0.0954. The lowest BCUT2D eigenvalue weighted by Crippen LogP contribution is -2.44. The molecule has 0 aliphatic carbocycles. The Hall–Kier alpha value is -2.42. The number of aryl methyl sites for hydroxylation is 1. The van der Waals surface area contributed by atoms with E-state index in [0.717, 1.165) is 0 Å². The SMILES string of the molecule is Cc1cc(NC(=O)CN2CCCC(C(F)(F)F)C2)n(-c2ccc(F)cc2)n1. The number of halogens is 4. The molecule has 1 fully saturated rings. The third-order valence-electron chi connectivity index (χ3n) is 4.51. The van der Waals surface area contributed by atoms with E-state index < -0.39 is 23.8 Å². The normalized spacial score (nSPS) is 18.5. The van der Waals surface area contributed by atoms with Crippen molar-refractivity contribution in [2.24, 2.45) is 5.92 Å². The standard InChI is InChI=1S/C18H20F4N4O/c1-12-9-16(26(24-12)15-6-4-14(19)5-7-15)23-17(27)11-25-8-2-3-13(10-25)18(20,21)22/h4-7,9,13H,2-3,8,10-11H2,1H3,(H,23,27). The highest BCUT2D eigenvalue weighted by Crippen LogP contribution is 2.33. The van der Waals surface area contributed by atoms with Crippen molar-refractivity contribution in [2.45, 2.75) is 25.9 Å². The van der Waals surface area contributed by atoms with Gasteiger partial charge in [0.1, 0.15) is 11.6 Å². The van der Waals surface area contributed by atoms with Crippen LogP contribution in [-0.2, 0) is 4.79 Å². The molecular formula is C18H20F4N4O. The van der Waals surface area contributed by atoms with Gasteiger partial charge in [-0.3, -0.25) is 9.69 Å². The van der Waals surface area contributed by atoms with Gasteiger partial charge in [-0.05, 0) is 50.6 Å². The maximum absolute atomic E-state index is 13.1. The molecule has 9 heteroatoms. The molecule has 0 saturated carbocycles. The molecule has 2 heterocycles. The molecule has 1 aliphatic heterocycles. The number of carbonyl (C=O) groups is 1. The number of anilines is 1. The second kappa shape index (κ2) is 7.67. The second-order valence-electron chi connectivity index (χ2n) is 6.72. The van der Waals surface area contributed by atoms with Crippen molar-refractivity contribution in [3.63, 3.8) is 0 Å². The number of hydrogen-bond acceptors (Lipinski definition) is 3. The lowest BCUT2D eigenvalue weighted by Gasteiger charge is -2.33. The fourth-order valence-electron chi connectivity index (χ4n) is 3.22. The summed E-state index contributed by atoms with van der Waals surface area (Å²) in [5.74, 6) is -1.82. The zero-order chi connectivity index (χ0) is 19.6. The maximum atomic E-state index is 13.1. The lowest BCUT2D eigenvalue weighted by molar-refractivity contribution is -0.186. The molecule has 3 rings (SSSR count). The van der Waals surface area contributed by atoms with Crippen molar-refractivity contribution in [1.29, 1.82) is 0 Å². The number of hydrogen-bond donors (Lipinski definition) is 1. The number of carbonyl (C=O) groups excluding carboxylic acids is 1. The highest BCUT2D eigenvalue weighted by atomic mass is 19.4. The Balaban J connectivity index is 1.67. The summed E-state index contributed by atoms with van der Waals surface area (Å²) in [5, 5.41) is 6.96. The molecule has 0 radical (unpaired) electrons. The van der Waals surface area contributed by atoms with Crippen LogP contribution in [0, 0.1) is 18.7 Å². The largest absolute Gasteiger partial charge is 0.393 e. The van der Waals surface area contributed by atoms with E-state index in [0.29, 0.717) is 30.2 Å². The third kappa shape index (κ3) is 4.85. The Kier molecular flexibility index (Phi) is 5.50. The van der Waals surface area contributed by atoms with Gasteiger partial charge < -0.3 is 5.32 Å².